The van der Waals surface area contributed by atoms with Gasteiger partial charge in [0.2, 0.25) is 0 Å². The first-order chi connectivity index (χ1) is 14.4. The zero-order chi connectivity index (χ0) is 21.9. The highest BCUT2D eigenvalue weighted by Crippen LogP contribution is 2.20. The Bertz CT molecular complexity index is 914. The van der Waals surface area contributed by atoms with E-state index in [1.165, 1.54) is 36.4 Å². The number of amides is 2. The molecule has 0 fully saturated rings. The van der Waals surface area contributed by atoms with Crippen molar-refractivity contribution in [2.45, 2.75) is 6.10 Å². The lowest BCUT2D eigenvalue weighted by molar-refractivity contribution is 0.0697. The Balaban J connectivity index is 1.62. The maximum absolute atomic E-state index is 13.5. The second-order valence-corrected chi connectivity index (χ2v) is 6.16. The molecule has 0 aromatic heterocycles. The van der Waals surface area contributed by atoms with Crippen LogP contribution in [0.2, 0.25) is 0 Å². The number of hydrogen-bond acceptors (Lipinski definition) is 6. The number of nitrogens with one attached hydrogen (secondary N) is 3. The largest absolute Gasteiger partial charge is 0.489 e. The van der Waals surface area contributed by atoms with Gasteiger partial charge in [0.15, 0.2) is 0 Å². The maximum atomic E-state index is 13.5. The van der Waals surface area contributed by atoms with Crippen LogP contribution in [0.5, 0.6) is 5.75 Å². The highest BCUT2D eigenvalue weighted by atomic mass is 19.1. The molecule has 1 atom stereocenters. The maximum Gasteiger partial charge on any atom is 0.335 e. The van der Waals surface area contributed by atoms with Crippen LogP contribution < -0.4 is 20.7 Å². The molecule has 0 bridgehead atoms. The summed E-state index contributed by atoms with van der Waals surface area (Å²) in [6.07, 6.45) is -0.901. The molecule has 2 rings (SSSR count). The van der Waals surface area contributed by atoms with Gasteiger partial charge in [0.25, 0.3) is 0 Å². The van der Waals surface area contributed by atoms with Gasteiger partial charge in [0.05, 0.1) is 5.56 Å². The van der Waals surface area contributed by atoms with E-state index >= 15 is 0 Å². The number of halogens is 1. The number of nitrogens with zero attached hydrogens (tertiary/aromatic N) is 1. The van der Waals surface area contributed by atoms with Crippen molar-refractivity contribution in [1.29, 1.82) is 5.26 Å². The zero-order valence-electron chi connectivity index (χ0n) is 15.9. The quantitative estimate of drug-likeness (QED) is 0.370. The Morgan fingerprint density at radius 1 is 1.17 bits per heavy atom. The Kier molecular flexibility index (Phi) is 8.56. The molecule has 0 aliphatic heterocycles. The van der Waals surface area contributed by atoms with Crippen LogP contribution >= 0.6 is 0 Å². The first kappa shape index (κ1) is 22.6. The van der Waals surface area contributed by atoms with Crippen LogP contribution in [0.15, 0.2) is 42.5 Å². The summed E-state index contributed by atoms with van der Waals surface area (Å²) in [4.78, 5) is 22.6. The minimum absolute atomic E-state index is 0.0614. The molecule has 5 N–H and O–H groups in total. The number of aromatic carboxylic acids is 1. The number of nitriles is 1. The number of anilines is 1. The summed E-state index contributed by atoms with van der Waals surface area (Å²) in [5, 5.41) is 35.8. The van der Waals surface area contributed by atoms with Gasteiger partial charge in [-0.2, -0.15) is 5.26 Å². The van der Waals surface area contributed by atoms with Crippen molar-refractivity contribution in [2.24, 2.45) is 0 Å². The fraction of sp³-hybridized carbons (Fsp3) is 0.250. The third-order valence-corrected chi connectivity index (χ3v) is 3.88. The molecule has 2 aromatic rings. The third-order valence-electron chi connectivity index (χ3n) is 3.88. The van der Waals surface area contributed by atoms with Gasteiger partial charge in [0, 0.05) is 25.3 Å². The van der Waals surface area contributed by atoms with Crippen LogP contribution in [-0.2, 0) is 0 Å². The summed E-state index contributed by atoms with van der Waals surface area (Å²) in [6.45, 7) is 0.670. The second kappa shape index (κ2) is 11.4. The van der Waals surface area contributed by atoms with Crippen molar-refractivity contribution in [3.63, 3.8) is 0 Å². The molecule has 2 amide bonds. The molecule has 0 spiro atoms. The van der Waals surface area contributed by atoms with Gasteiger partial charge in [-0.15, -0.1) is 0 Å². The van der Waals surface area contributed by atoms with Crippen molar-refractivity contribution in [3.8, 4) is 11.8 Å². The van der Waals surface area contributed by atoms with E-state index in [-0.39, 0.29) is 36.6 Å². The molecule has 0 heterocycles. The van der Waals surface area contributed by atoms with Crippen LogP contribution in [0.25, 0.3) is 0 Å². The number of aliphatic hydroxyl groups is 1. The number of hydrogen-bond donors (Lipinski definition) is 5. The number of rotatable bonds is 10. The number of ether oxygens (including phenoxy) is 1. The van der Waals surface area contributed by atoms with E-state index in [1.807, 2.05) is 0 Å². The fourth-order valence-corrected chi connectivity index (χ4v) is 2.38. The molecule has 0 aliphatic carbocycles. The number of carboxylic acid groups (broad SMARTS) is 1. The minimum atomic E-state index is -1.05. The standard InChI is InChI=1S/C20H21FN4O5/c21-17-2-1-3-18(16(17)10-22)30-12-15(26)11-23-8-9-24-20(29)25-14-6-4-13(5-7-14)19(27)28/h1-7,15,23,26H,8-9,11-12H2,(H,27,28)(H2,24,25,29)/t15-/m0/s1. The number of carboxylic acids is 1. The molecule has 0 unspecified atom stereocenters. The topological polar surface area (TPSA) is 144 Å². The van der Waals surface area contributed by atoms with E-state index in [4.69, 9.17) is 15.1 Å². The number of carbonyl (C=O) groups excluding carboxylic acids is 1. The minimum Gasteiger partial charge on any atom is -0.489 e. The Labute approximate surface area is 172 Å². The van der Waals surface area contributed by atoms with E-state index in [2.05, 4.69) is 16.0 Å². The van der Waals surface area contributed by atoms with Gasteiger partial charge >= 0.3 is 12.0 Å². The monoisotopic (exact) mass is 416 g/mol. The number of aliphatic hydroxyl groups excluding tert-OH is 1. The number of carbonyl (C=O) groups is 2. The summed E-state index contributed by atoms with van der Waals surface area (Å²) < 4.78 is 18.8. The molecular weight excluding hydrogens is 395 g/mol. The fourth-order valence-electron chi connectivity index (χ4n) is 2.38. The van der Waals surface area contributed by atoms with E-state index in [9.17, 15) is 19.1 Å². The summed E-state index contributed by atoms with van der Waals surface area (Å²) in [5.74, 6) is -1.68. The first-order valence-corrected chi connectivity index (χ1v) is 8.99. The zero-order valence-corrected chi connectivity index (χ0v) is 15.9. The average Bonchev–Trinajstić information content (AvgIpc) is 2.72. The smallest absolute Gasteiger partial charge is 0.335 e. The highest BCUT2D eigenvalue weighted by Gasteiger charge is 2.11. The van der Waals surface area contributed by atoms with Crippen LogP contribution in [0.1, 0.15) is 15.9 Å². The molecule has 0 radical (unpaired) electrons. The first-order valence-electron chi connectivity index (χ1n) is 8.99. The molecule has 30 heavy (non-hydrogen) atoms. The predicted molar refractivity (Wildman–Crippen MR) is 106 cm³/mol. The molecule has 10 heteroatoms. The molecule has 2 aromatic carbocycles. The van der Waals surface area contributed by atoms with Crippen LogP contribution in [0, 0.1) is 17.1 Å². The molecule has 0 aliphatic rings. The molecule has 9 nitrogen and oxygen atoms in total. The second-order valence-electron chi connectivity index (χ2n) is 6.16. The van der Waals surface area contributed by atoms with Crippen LogP contribution in [-0.4, -0.2) is 54.6 Å². The van der Waals surface area contributed by atoms with Gasteiger partial charge in [-0.3, -0.25) is 0 Å². The summed E-state index contributed by atoms with van der Waals surface area (Å²) in [7, 11) is 0. The molecule has 158 valence electrons. The van der Waals surface area contributed by atoms with Gasteiger partial charge in [0.1, 0.15) is 35.9 Å². The lowest BCUT2D eigenvalue weighted by atomic mass is 10.2. The van der Waals surface area contributed by atoms with Gasteiger partial charge < -0.3 is 30.9 Å². The molecule has 0 saturated carbocycles. The third kappa shape index (κ3) is 7.05. The molecule has 0 saturated heterocycles. The van der Waals surface area contributed by atoms with Crippen LogP contribution in [0.3, 0.4) is 0 Å². The van der Waals surface area contributed by atoms with E-state index in [0.29, 0.717) is 12.2 Å². The van der Waals surface area contributed by atoms with Crippen LogP contribution in [0.4, 0.5) is 14.9 Å². The van der Waals surface area contributed by atoms with Gasteiger partial charge in [-0.05, 0) is 36.4 Å². The number of urea groups is 1. The number of benzene rings is 2. The van der Waals surface area contributed by atoms with Gasteiger partial charge in [-0.25, -0.2) is 14.0 Å². The van der Waals surface area contributed by atoms with Crippen molar-refractivity contribution in [1.82, 2.24) is 10.6 Å². The van der Waals surface area contributed by atoms with E-state index in [0.717, 1.165) is 6.07 Å². The van der Waals surface area contributed by atoms with Crippen molar-refractivity contribution >= 4 is 17.7 Å². The average molecular weight is 416 g/mol. The molecular formula is C20H21FN4O5. The Morgan fingerprint density at radius 3 is 2.57 bits per heavy atom. The Hall–Kier alpha value is -3.68. The summed E-state index contributed by atoms with van der Waals surface area (Å²) in [6, 6.07) is 11.0. The van der Waals surface area contributed by atoms with E-state index < -0.39 is 23.9 Å². The van der Waals surface area contributed by atoms with E-state index in [1.54, 1.807) is 6.07 Å². The predicted octanol–water partition coefficient (Wildman–Crippen LogP) is 1.55. The normalized spacial score (nSPS) is 11.2. The van der Waals surface area contributed by atoms with Crippen molar-refractivity contribution in [2.75, 3.05) is 31.6 Å². The van der Waals surface area contributed by atoms with Gasteiger partial charge in [-0.1, -0.05) is 6.07 Å². The lowest BCUT2D eigenvalue weighted by Crippen LogP contribution is -2.38. The lowest BCUT2D eigenvalue weighted by Gasteiger charge is -2.14. The SMILES string of the molecule is N#Cc1c(F)cccc1OC[C@@H](O)CNCCNC(=O)Nc1ccc(C(=O)O)cc1. The Morgan fingerprint density at radius 2 is 1.90 bits per heavy atom. The highest BCUT2D eigenvalue weighted by molar-refractivity contribution is 5.91. The van der Waals surface area contributed by atoms with Crippen molar-refractivity contribution < 1.29 is 28.9 Å². The summed E-state index contributed by atoms with van der Waals surface area (Å²) >= 11 is 0. The summed E-state index contributed by atoms with van der Waals surface area (Å²) in [5.41, 5.74) is 0.353. The van der Waals surface area contributed by atoms with Crippen molar-refractivity contribution in [3.05, 3.63) is 59.4 Å².